The summed E-state index contributed by atoms with van der Waals surface area (Å²) in [7, 11) is 0. The first-order chi connectivity index (χ1) is 12.3. The van der Waals surface area contributed by atoms with Gasteiger partial charge in [0.1, 0.15) is 16.9 Å². The summed E-state index contributed by atoms with van der Waals surface area (Å²) in [6.07, 6.45) is 7.21. The van der Waals surface area contributed by atoms with Crippen molar-refractivity contribution in [2.45, 2.75) is 18.9 Å². The van der Waals surface area contributed by atoms with Gasteiger partial charge in [-0.1, -0.05) is 6.07 Å². The predicted molar refractivity (Wildman–Crippen MR) is 93.5 cm³/mol. The minimum atomic E-state index is -0.119. The second-order valence-corrected chi connectivity index (χ2v) is 6.28. The monoisotopic (exact) mass is 335 g/mol. The molecule has 0 amide bonds. The van der Waals surface area contributed by atoms with Gasteiger partial charge < -0.3 is 10.3 Å². The Labute approximate surface area is 142 Å². The standard InChI is InChI=1S/C17H17N7O/c25-17-21-12-9-20-15(13-10-19-14-3-1-2-8-23(13)14)22-16(12)24(17)11-4-6-18-7-5-11/h1-3,8-11,18H,4-7H2,(H,21,25). The summed E-state index contributed by atoms with van der Waals surface area (Å²) in [5, 5.41) is 3.33. The van der Waals surface area contributed by atoms with Crippen molar-refractivity contribution in [3.63, 3.8) is 0 Å². The third-order valence-corrected chi connectivity index (χ3v) is 4.78. The Kier molecular flexibility index (Phi) is 3.17. The highest BCUT2D eigenvalue weighted by atomic mass is 16.1. The van der Waals surface area contributed by atoms with Crippen molar-refractivity contribution in [2.75, 3.05) is 13.1 Å². The van der Waals surface area contributed by atoms with Gasteiger partial charge in [-0.2, -0.15) is 0 Å². The van der Waals surface area contributed by atoms with Crippen LogP contribution >= 0.6 is 0 Å². The molecule has 8 nitrogen and oxygen atoms in total. The highest BCUT2D eigenvalue weighted by Gasteiger charge is 2.21. The van der Waals surface area contributed by atoms with Crippen LogP contribution in [0.25, 0.3) is 28.3 Å². The molecule has 0 unspecified atom stereocenters. The van der Waals surface area contributed by atoms with E-state index >= 15 is 0 Å². The molecule has 4 aromatic heterocycles. The van der Waals surface area contributed by atoms with Crippen LogP contribution < -0.4 is 11.0 Å². The Morgan fingerprint density at radius 3 is 2.88 bits per heavy atom. The number of fused-ring (bicyclic) bond motifs is 2. The lowest BCUT2D eigenvalue weighted by atomic mass is 10.1. The zero-order valence-corrected chi connectivity index (χ0v) is 13.5. The first kappa shape index (κ1) is 14.4. The van der Waals surface area contributed by atoms with Gasteiger partial charge in [0.25, 0.3) is 0 Å². The number of aromatic amines is 1. The number of hydrogen-bond donors (Lipinski definition) is 2. The Balaban J connectivity index is 1.69. The van der Waals surface area contributed by atoms with Gasteiger partial charge in [0.2, 0.25) is 0 Å². The van der Waals surface area contributed by atoms with Gasteiger partial charge in [-0.3, -0.25) is 8.97 Å². The maximum atomic E-state index is 12.4. The summed E-state index contributed by atoms with van der Waals surface area (Å²) in [6, 6.07) is 5.98. The molecule has 5 rings (SSSR count). The van der Waals surface area contributed by atoms with Crippen molar-refractivity contribution < 1.29 is 0 Å². The predicted octanol–water partition coefficient (Wildman–Crippen LogP) is 1.36. The van der Waals surface area contributed by atoms with Crippen LogP contribution in [0.1, 0.15) is 18.9 Å². The number of nitrogens with one attached hydrogen (secondary N) is 2. The zero-order chi connectivity index (χ0) is 16.8. The number of pyridine rings is 1. The van der Waals surface area contributed by atoms with E-state index in [0.717, 1.165) is 37.3 Å². The molecule has 4 aromatic rings. The molecule has 25 heavy (non-hydrogen) atoms. The molecule has 0 atom stereocenters. The fourth-order valence-electron chi connectivity index (χ4n) is 3.54. The first-order valence-corrected chi connectivity index (χ1v) is 8.42. The third kappa shape index (κ3) is 2.25. The Bertz CT molecular complexity index is 1120. The maximum Gasteiger partial charge on any atom is 0.327 e. The van der Waals surface area contributed by atoms with Crippen molar-refractivity contribution in [3.8, 4) is 11.5 Å². The van der Waals surface area contributed by atoms with E-state index < -0.39 is 0 Å². The van der Waals surface area contributed by atoms with Crippen LogP contribution in [0.2, 0.25) is 0 Å². The average molecular weight is 335 g/mol. The second-order valence-electron chi connectivity index (χ2n) is 6.28. The minimum absolute atomic E-state index is 0.119. The van der Waals surface area contributed by atoms with Gasteiger partial charge in [0, 0.05) is 12.2 Å². The Hall–Kier alpha value is -3.00. The summed E-state index contributed by atoms with van der Waals surface area (Å²) in [5.74, 6) is 0.563. The molecule has 1 fully saturated rings. The average Bonchev–Trinajstić information content (AvgIpc) is 3.22. The van der Waals surface area contributed by atoms with Crippen molar-refractivity contribution in [1.82, 2.24) is 34.2 Å². The molecule has 8 heteroatoms. The van der Waals surface area contributed by atoms with E-state index in [1.165, 1.54) is 0 Å². The molecular formula is C17H17N7O. The molecule has 1 aliphatic heterocycles. The molecule has 2 N–H and O–H groups in total. The Morgan fingerprint density at radius 1 is 1.12 bits per heavy atom. The smallest absolute Gasteiger partial charge is 0.317 e. The summed E-state index contributed by atoms with van der Waals surface area (Å²) in [5.41, 5.74) is 2.86. The number of imidazole rings is 2. The van der Waals surface area contributed by atoms with Crippen molar-refractivity contribution >= 4 is 16.8 Å². The van der Waals surface area contributed by atoms with E-state index in [0.29, 0.717) is 17.0 Å². The summed E-state index contributed by atoms with van der Waals surface area (Å²) in [4.78, 5) is 28.8. The van der Waals surface area contributed by atoms with Crippen molar-refractivity contribution in [2.24, 2.45) is 0 Å². The van der Waals surface area contributed by atoms with Gasteiger partial charge >= 0.3 is 5.69 Å². The van der Waals surface area contributed by atoms with E-state index in [-0.39, 0.29) is 11.7 Å². The lowest BCUT2D eigenvalue weighted by molar-refractivity contribution is 0.367. The van der Waals surface area contributed by atoms with Crippen molar-refractivity contribution in [1.29, 1.82) is 0 Å². The number of hydrogen-bond acceptors (Lipinski definition) is 5. The summed E-state index contributed by atoms with van der Waals surface area (Å²) < 4.78 is 3.73. The lowest BCUT2D eigenvalue weighted by Gasteiger charge is -2.23. The number of piperidine rings is 1. The van der Waals surface area contributed by atoms with E-state index in [1.807, 2.05) is 28.8 Å². The summed E-state index contributed by atoms with van der Waals surface area (Å²) >= 11 is 0. The van der Waals surface area contributed by atoms with Gasteiger partial charge in [-0.15, -0.1) is 0 Å². The molecule has 1 aliphatic rings. The SMILES string of the molecule is O=c1[nH]c2cnc(-c3cnc4ccccn34)nc2n1C1CCNCC1. The van der Waals surface area contributed by atoms with E-state index in [2.05, 4.69) is 20.3 Å². The normalized spacial score (nSPS) is 16.0. The van der Waals surface area contributed by atoms with Crippen LogP contribution in [0.5, 0.6) is 0 Å². The van der Waals surface area contributed by atoms with E-state index in [9.17, 15) is 4.79 Å². The van der Waals surface area contributed by atoms with Gasteiger partial charge in [0.05, 0.1) is 12.4 Å². The van der Waals surface area contributed by atoms with E-state index in [1.54, 1.807) is 17.0 Å². The zero-order valence-electron chi connectivity index (χ0n) is 13.5. The van der Waals surface area contributed by atoms with Crippen LogP contribution in [0.15, 0.2) is 41.6 Å². The highest BCUT2D eigenvalue weighted by Crippen LogP contribution is 2.23. The summed E-state index contributed by atoms with van der Waals surface area (Å²) in [6.45, 7) is 1.82. The van der Waals surface area contributed by atoms with Gasteiger partial charge in [-0.25, -0.2) is 19.7 Å². The maximum absolute atomic E-state index is 12.4. The number of H-pyrrole nitrogens is 1. The lowest BCUT2D eigenvalue weighted by Crippen LogP contribution is -2.33. The number of nitrogens with zero attached hydrogens (tertiary/aromatic N) is 5. The quantitative estimate of drug-likeness (QED) is 0.577. The fraction of sp³-hybridized carbons (Fsp3) is 0.294. The molecular weight excluding hydrogens is 318 g/mol. The second kappa shape index (κ2) is 5.52. The molecule has 0 radical (unpaired) electrons. The third-order valence-electron chi connectivity index (χ3n) is 4.78. The molecule has 0 aromatic carbocycles. The largest absolute Gasteiger partial charge is 0.327 e. The molecule has 0 spiro atoms. The topological polar surface area (TPSA) is 92.9 Å². The van der Waals surface area contributed by atoms with Gasteiger partial charge in [-0.05, 0) is 38.1 Å². The number of rotatable bonds is 2. The fourth-order valence-corrected chi connectivity index (χ4v) is 3.54. The molecule has 1 saturated heterocycles. The minimum Gasteiger partial charge on any atom is -0.317 e. The van der Waals surface area contributed by atoms with Crippen LogP contribution in [0.3, 0.4) is 0 Å². The molecule has 0 aliphatic carbocycles. The van der Waals surface area contributed by atoms with Crippen LogP contribution in [-0.2, 0) is 0 Å². The van der Waals surface area contributed by atoms with Crippen molar-refractivity contribution in [3.05, 3.63) is 47.3 Å². The molecule has 0 saturated carbocycles. The number of aromatic nitrogens is 6. The van der Waals surface area contributed by atoms with E-state index in [4.69, 9.17) is 4.98 Å². The first-order valence-electron chi connectivity index (χ1n) is 8.42. The molecule has 5 heterocycles. The van der Waals surface area contributed by atoms with Crippen LogP contribution in [-0.4, -0.2) is 42.0 Å². The molecule has 0 bridgehead atoms. The van der Waals surface area contributed by atoms with Gasteiger partial charge in [0.15, 0.2) is 11.5 Å². The van der Waals surface area contributed by atoms with Crippen LogP contribution in [0, 0.1) is 0 Å². The van der Waals surface area contributed by atoms with Crippen LogP contribution in [0.4, 0.5) is 0 Å². The highest BCUT2D eigenvalue weighted by molar-refractivity contribution is 5.72. The Morgan fingerprint density at radius 2 is 2.00 bits per heavy atom. The molecule has 126 valence electrons.